The summed E-state index contributed by atoms with van der Waals surface area (Å²) in [5, 5.41) is 6.05. The van der Waals surface area contributed by atoms with E-state index in [0.717, 1.165) is 16.2 Å². The highest BCUT2D eigenvalue weighted by atomic mass is 32.2. The van der Waals surface area contributed by atoms with Crippen LogP contribution in [0.1, 0.15) is 36.0 Å². The summed E-state index contributed by atoms with van der Waals surface area (Å²) < 4.78 is 5.12. The van der Waals surface area contributed by atoms with Gasteiger partial charge in [-0.2, -0.15) is 0 Å². The molecule has 0 saturated carbocycles. The highest BCUT2D eigenvalue weighted by Crippen LogP contribution is 2.29. The van der Waals surface area contributed by atoms with Gasteiger partial charge in [-0.15, -0.1) is 23.1 Å². The van der Waals surface area contributed by atoms with Crippen molar-refractivity contribution >= 4 is 51.6 Å². The zero-order chi connectivity index (χ0) is 20.9. The van der Waals surface area contributed by atoms with Crippen LogP contribution in [0.5, 0.6) is 0 Å². The maximum atomic E-state index is 12.3. The number of aryl methyl sites for hydroxylation is 1. The average molecular weight is 421 g/mol. The number of nitrogens with one attached hydrogen (secondary N) is 2. The van der Waals surface area contributed by atoms with Gasteiger partial charge in [0.05, 0.1) is 5.00 Å². The first kappa shape index (κ1) is 22.0. The molecule has 0 unspecified atom stereocenters. The van der Waals surface area contributed by atoms with Crippen molar-refractivity contribution in [2.24, 2.45) is 5.41 Å². The molecule has 0 aliphatic rings. The minimum Gasteiger partial charge on any atom is -0.451 e. The molecule has 0 atom stereocenters. The van der Waals surface area contributed by atoms with Gasteiger partial charge >= 0.3 is 5.97 Å². The molecule has 2 amide bonds. The van der Waals surface area contributed by atoms with Crippen molar-refractivity contribution in [3.63, 3.8) is 0 Å². The Hall–Kier alpha value is -2.32. The number of hydrogen-bond acceptors (Lipinski definition) is 6. The van der Waals surface area contributed by atoms with E-state index >= 15 is 0 Å². The van der Waals surface area contributed by atoms with Gasteiger partial charge < -0.3 is 15.4 Å². The molecule has 0 aliphatic heterocycles. The average Bonchev–Trinajstić information content (AvgIpc) is 3.00. The lowest BCUT2D eigenvalue weighted by Crippen LogP contribution is -2.27. The molecule has 0 fully saturated rings. The van der Waals surface area contributed by atoms with Crippen molar-refractivity contribution in [1.29, 1.82) is 0 Å². The molecule has 150 valence electrons. The Balaban J connectivity index is 1.91. The predicted octanol–water partition coefficient (Wildman–Crippen LogP) is 4.56. The summed E-state index contributed by atoms with van der Waals surface area (Å²) in [5.41, 5.74) is 0.788. The van der Waals surface area contributed by atoms with E-state index in [1.807, 2.05) is 39.2 Å². The summed E-state index contributed by atoms with van der Waals surface area (Å²) >= 11 is 2.74. The lowest BCUT2D eigenvalue weighted by molar-refractivity contribution is -0.123. The fraction of sp³-hybridized carbons (Fsp3) is 0.350. The maximum absolute atomic E-state index is 12.3. The summed E-state index contributed by atoms with van der Waals surface area (Å²) in [6.45, 7) is 6.80. The molecule has 0 radical (unpaired) electrons. The van der Waals surface area contributed by atoms with Gasteiger partial charge in [0.15, 0.2) is 6.61 Å². The quantitative estimate of drug-likeness (QED) is 0.529. The lowest BCUT2D eigenvalue weighted by atomic mass is 9.96. The summed E-state index contributed by atoms with van der Waals surface area (Å²) in [6.07, 6.45) is 1.97. The molecule has 8 heteroatoms. The second-order valence-corrected chi connectivity index (χ2v) is 9.11. The van der Waals surface area contributed by atoms with Crippen LogP contribution < -0.4 is 10.6 Å². The van der Waals surface area contributed by atoms with E-state index in [2.05, 4.69) is 10.6 Å². The Morgan fingerprint density at radius 1 is 1.11 bits per heavy atom. The number of rotatable bonds is 6. The molecule has 0 spiro atoms. The molecule has 2 rings (SSSR count). The van der Waals surface area contributed by atoms with Crippen molar-refractivity contribution < 1.29 is 19.1 Å². The van der Waals surface area contributed by atoms with Crippen LogP contribution in [0.25, 0.3) is 0 Å². The number of esters is 1. The Labute approximate surface area is 173 Å². The summed E-state index contributed by atoms with van der Waals surface area (Å²) in [4.78, 5) is 37.8. The number of carbonyl (C=O) groups excluding carboxylic acids is 3. The van der Waals surface area contributed by atoms with E-state index < -0.39 is 17.3 Å². The lowest BCUT2D eigenvalue weighted by Gasteiger charge is -2.16. The minimum absolute atomic E-state index is 0.138. The summed E-state index contributed by atoms with van der Waals surface area (Å²) in [6, 6.07) is 9.10. The van der Waals surface area contributed by atoms with Crippen LogP contribution >= 0.6 is 23.1 Å². The topological polar surface area (TPSA) is 84.5 Å². The van der Waals surface area contributed by atoms with E-state index in [0.29, 0.717) is 21.1 Å². The Kier molecular flexibility index (Phi) is 7.26. The van der Waals surface area contributed by atoms with E-state index in [-0.39, 0.29) is 12.5 Å². The summed E-state index contributed by atoms with van der Waals surface area (Å²) in [5.74, 6) is -1.15. The standard InChI is InChI=1S/C20H24N2O4S2/c1-12-10-16(22-19(25)20(2,3)4)28-17(12)18(24)26-11-15(23)21-13-6-8-14(27-5)9-7-13/h6-10H,11H2,1-5H3,(H,21,23)(H,22,25). The number of ether oxygens (including phenoxy) is 1. The van der Waals surface area contributed by atoms with Gasteiger partial charge in [0, 0.05) is 16.0 Å². The first-order chi connectivity index (χ1) is 13.1. The van der Waals surface area contributed by atoms with Crippen molar-refractivity contribution in [2.75, 3.05) is 23.5 Å². The van der Waals surface area contributed by atoms with Gasteiger partial charge in [-0.25, -0.2) is 4.79 Å². The largest absolute Gasteiger partial charge is 0.451 e. The third-order valence-corrected chi connectivity index (χ3v) is 5.61. The van der Waals surface area contributed by atoms with Crippen LogP contribution in [0, 0.1) is 12.3 Å². The third kappa shape index (κ3) is 6.10. The molecule has 0 aliphatic carbocycles. The van der Waals surface area contributed by atoms with Gasteiger partial charge in [0.2, 0.25) is 5.91 Å². The normalized spacial score (nSPS) is 11.0. The van der Waals surface area contributed by atoms with Crippen LogP contribution in [0.4, 0.5) is 10.7 Å². The molecular formula is C20H24N2O4S2. The van der Waals surface area contributed by atoms with Crippen molar-refractivity contribution in [1.82, 2.24) is 0 Å². The van der Waals surface area contributed by atoms with Crippen LogP contribution in [-0.4, -0.2) is 30.6 Å². The third-order valence-electron chi connectivity index (χ3n) is 3.73. The fourth-order valence-electron chi connectivity index (χ4n) is 2.11. The molecule has 28 heavy (non-hydrogen) atoms. The molecule has 0 saturated heterocycles. The maximum Gasteiger partial charge on any atom is 0.349 e. The highest BCUT2D eigenvalue weighted by molar-refractivity contribution is 7.98. The fourth-order valence-corrected chi connectivity index (χ4v) is 3.48. The van der Waals surface area contributed by atoms with E-state index in [1.165, 1.54) is 0 Å². The van der Waals surface area contributed by atoms with Gasteiger partial charge in [-0.3, -0.25) is 9.59 Å². The SMILES string of the molecule is CSc1ccc(NC(=O)COC(=O)c2sc(NC(=O)C(C)(C)C)cc2C)cc1. The highest BCUT2D eigenvalue weighted by Gasteiger charge is 2.23. The Bertz CT molecular complexity index is 867. The molecule has 2 N–H and O–H groups in total. The molecule has 2 aromatic rings. The second kappa shape index (κ2) is 9.25. The van der Waals surface area contributed by atoms with Crippen LogP contribution in [0.3, 0.4) is 0 Å². The second-order valence-electron chi connectivity index (χ2n) is 7.18. The number of hydrogen-bond donors (Lipinski definition) is 2. The molecular weight excluding hydrogens is 396 g/mol. The first-order valence-electron chi connectivity index (χ1n) is 8.63. The van der Waals surface area contributed by atoms with Crippen molar-refractivity contribution in [3.05, 3.63) is 40.8 Å². The first-order valence-corrected chi connectivity index (χ1v) is 10.7. The molecule has 0 bridgehead atoms. The smallest absolute Gasteiger partial charge is 0.349 e. The van der Waals surface area contributed by atoms with Crippen LogP contribution in [-0.2, 0) is 14.3 Å². The molecule has 1 aromatic heterocycles. The minimum atomic E-state index is -0.591. The molecule has 1 aromatic carbocycles. The van der Waals surface area contributed by atoms with Crippen molar-refractivity contribution in [3.8, 4) is 0 Å². The number of benzene rings is 1. The zero-order valence-electron chi connectivity index (χ0n) is 16.5. The van der Waals surface area contributed by atoms with E-state index in [9.17, 15) is 14.4 Å². The number of carbonyl (C=O) groups is 3. The number of amides is 2. The zero-order valence-corrected chi connectivity index (χ0v) is 18.2. The number of thiophene rings is 1. The van der Waals surface area contributed by atoms with Crippen LogP contribution in [0.2, 0.25) is 0 Å². The Morgan fingerprint density at radius 2 is 1.75 bits per heavy atom. The molecule has 1 heterocycles. The van der Waals surface area contributed by atoms with Gasteiger partial charge in [-0.05, 0) is 49.1 Å². The predicted molar refractivity (Wildman–Crippen MR) is 114 cm³/mol. The monoisotopic (exact) mass is 420 g/mol. The van der Waals surface area contributed by atoms with Crippen molar-refractivity contribution in [2.45, 2.75) is 32.6 Å². The Morgan fingerprint density at radius 3 is 2.32 bits per heavy atom. The van der Waals surface area contributed by atoms with Crippen LogP contribution in [0.15, 0.2) is 35.2 Å². The molecule has 6 nitrogen and oxygen atoms in total. The van der Waals surface area contributed by atoms with Gasteiger partial charge in [0.1, 0.15) is 4.88 Å². The van der Waals surface area contributed by atoms with E-state index in [1.54, 1.807) is 36.9 Å². The van der Waals surface area contributed by atoms with E-state index in [4.69, 9.17) is 4.74 Å². The summed E-state index contributed by atoms with van der Waals surface area (Å²) in [7, 11) is 0. The van der Waals surface area contributed by atoms with Gasteiger partial charge in [-0.1, -0.05) is 20.8 Å². The number of anilines is 2. The number of thioether (sulfide) groups is 1. The van der Waals surface area contributed by atoms with Gasteiger partial charge in [0.25, 0.3) is 5.91 Å².